The van der Waals surface area contributed by atoms with E-state index in [9.17, 15) is 17.6 Å². The van der Waals surface area contributed by atoms with Gasteiger partial charge < -0.3 is 0 Å². The normalized spacial score (nSPS) is 11.3. The third kappa shape index (κ3) is 3.18. The first kappa shape index (κ1) is 14.6. The predicted molar refractivity (Wildman–Crippen MR) is 72.6 cm³/mol. The molecule has 1 amide bonds. The van der Waals surface area contributed by atoms with E-state index in [1.54, 1.807) is 0 Å². The van der Waals surface area contributed by atoms with Gasteiger partial charge in [0.25, 0.3) is 5.91 Å². The Morgan fingerprint density at radius 2 is 2.15 bits per heavy atom. The maximum Gasteiger partial charge on any atom is 0.257 e. The van der Waals surface area contributed by atoms with E-state index in [2.05, 4.69) is 10.3 Å². The van der Waals surface area contributed by atoms with Crippen LogP contribution in [0.3, 0.4) is 0 Å². The second-order valence-electron chi connectivity index (χ2n) is 3.90. The number of nitrogens with one attached hydrogen (secondary N) is 1. The number of primary sulfonamides is 1. The first-order valence-corrected chi connectivity index (χ1v) is 7.71. The lowest BCUT2D eigenvalue weighted by atomic mass is 10.2. The molecular formula is C11H10FN3O3S2. The van der Waals surface area contributed by atoms with Crippen molar-refractivity contribution in [2.75, 3.05) is 5.32 Å². The number of aromatic nitrogens is 1. The first-order chi connectivity index (χ1) is 9.27. The number of halogens is 1. The minimum atomic E-state index is -3.88. The fourth-order valence-electron chi connectivity index (χ4n) is 1.50. The number of amides is 1. The van der Waals surface area contributed by atoms with Gasteiger partial charge in [-0.05, 0) is 25.1 Å². The molecule has 2 aromatic rings. The summed E-state index contributed by atoms with van der Waals surface area (Å²) in [6, 6.07) is 5.10. The monoisotopic (exact) mass is 315 g/mol. The lowest BCUT2D eigenvalue weighted by Gasteiger charge is -2.01. The topological polar surface area (TPSA) is 102 Å². The third-order valence-corrected chi connectivity index (χ3v) is 4.95. The van der Waals surface area contributed by atoms with Gasteiger partial charge in [0.05, 0.1) is 5.69 Å². The number of carbonyl (C=O) groups excluding carboxylic acids is 1. The van der Waals surface area contributed by atoms with Crippen molar-refractivity contribution in [1.29, 1.82) is 0 Å². The van der Waals surface area contributed by atoms with E-state index in [1.165, 1.54) is 25.1 Å². The summed E-state index contributed by atoms with van der Waals surface area (Å²) in [5.41, 5.74) is 0.307. The Labute approximate surface area is 118 Å². The molecule has 0 spiro atoms. The predicted octanol–water partition coefficient (Wildman–Crippen LogP) is 1.49. The van der Waals surface area contributed by atoms with Crippen LogP contribution in [0.15, 0.2) is 28.5 Å². The average molecular weight is 315 g/mol. The van der Waals surface area contributed by atoms with Crippen LogP contribution < -0.4 is 10.5 Å². The molecule has 0 aliphatic carbocycles. The van der Waals surface area contributed by atoms with Crippen molar-refractivity contribution in [3.63, 3.8) is 0 Å². The summed E-state index contributed by atoms with van der Waals surface area (Å²) in [7, 11) is -3.88. The molecule has 0 bridgehead atoms. The Morgan fingerprint density at radius 3 is 2.70 bits per heavy atom. The van der Waals surface area contributed by atoms with Crippen molar-refractivity contribution < 1.29 is 17.6 Å². The Kier molecular flexibility index (Phi) is 3.84. The smallest absolute Gasteiger partial charge is 0.257 e. The van der Waals surface area contributed by atoms with Gasteiger partial charge in [-0.3, -0.25) is 10.1 Å². The van der Waals surface area contributed by atoms with Gasteiger partial charge in [-0.1, -0.05) is 17.4 Å². The molecule has 1 heterocycles. The van der Waals surface area contributed by atoms with Crippen molar-refractivity contribution in [3.8, 4) is 0 Å². The Hall–Kier alpha value is -1.84. The second kappa shape index (κ2) is 5.27. The maximum atomic E-state index is 13.0. The molecule has 0 radical (unpaired) electrons. The van der Waals surface area contributed by atoms with Gasteiger partial charge in [0.1, 0.15) is 5.82 Å². The first-order valence-electron chi connectivity index (χ1n) is 5.34. The number of sulfonamides is 1. The van der Waals surface area contributed by atoms with E-state index in [0.717, 1.165) is 17.4 Å². The largest absolute Gasteiger partial charge is 0.298 e. The molecule has 20 heavy (non-hydrogen) atoms. The highest BCUT2D eigenvalue weighted by Crippen LogP contribution is 2.26. The van der Waals surface area contributed by atoms with Gasteiger partial charge in [0.15, 0.2) is 9.34 Å². The van der Waals surface area contributed by atoms with Crippen LogP contribution in [0, 0.1) is 12.7 Å². The summed E-state index contributed by atoms with van der Waals surface area (Å²) < 4.78 is 35.4. The lowest BCUT2D eigenvalue weighted by Crippen LogP contribution is -2.11. The van der Waals surface area contributed by atoms with Crippen molar-refractivity contribution in [2.24, 2.45) is 5.14 Å². The van der Waals surface area contributed by atoms with Crippen LogP contribution >= 0.6 is 11.3 Å². The van der Waals surface area contributed by atoms with E-state index >= 15 is 0 Å². The molecule has 0 saturated carbocycles. The lowest BCUT2D eigenvalue weighted by molar-refractivity contribution is 0.102. The molecule has 2 rings (SSSR count). The molecule has 0 aliphatic heterocycles. The summed E-state index contributed by atoms with van der Waals surface area (Å²) in [5.74, 6) is -1.13. The van der Waals surface area contributed by atoms with E-state index in [1.807, 2.05) is 0 Å². The van der Waals surface area contributed by atoms with Crippen LogP contribution in [-0.2, 0) is 10.0 Å². The summed E-state index contributed by atoms with van der Waals surface area (Å²) in [6.45, 7) is 1.47. The van der Waals surface area contributed by atoms with Crippen LogP contribution in [0.5, 0.6) is 0 Å². The molecule has 0 saturated heterocycles. The molecule has 1 aromatic carbocycles. The Bertz CT molecular complexity index is 771. The summed E-state index contributed by atoms with van der Waals surface area (Å²) in [6.07, 6.45) is 0. The molecule has 0 unspecified atom stereocenters. The van der Waals surface area contributed by atoms with Gasteiger partial charge in [0, 0.05) is 5.56 Å². The minimum absolute atomic E-state index is 0.0841. The van der Waals surface area contributed by atoms with Crippen molar-refractivity contribution in [3.05, 3.63) is 41.3 Å². The quantitative estimate of drug-likeness (QED) is 0.895. The summed E-state index contributed by atoms with van der Waals surface area (Å²) in [4.78, 5) is 15.7. The van der Waals surface area contributed by atoms with Gasteiger partial charge in [-0.2, -0.15) is 0 Å². The summed E-state index contributed by atoms with van der Waals surface area (Å²) >= 11 is 0.744. The number of hydrogen-bond donors (Lipinski definition) is 2. The number of carbonyl (C=O) groups is 1. The average Bonchev–Trinajstić information content (AvgIpc) is 2.70. The van der Waals surface area contributed by atoms with Crippen molar-refractivity contribution in [1.82, 2.24) is 4.98 Å². The zero-order valence-corrected chi connectivity index (χ0v) is 11.9. The maximum absolute atomic E-state index is 13.0. The number of hydrogen-bond acceptors (Lipinski definition) is 5. The molecule has 6 nitrogen and oxygen atoms in total. The van der Waals surface area contributed by atoms with Crippen LogP contribution in [0.4, 0.5) is 9.52 Å². The zero-order chi connectivity index (χ0) is 14.9. The number of aryl methyl sites for hydroxylation is 1. The minimum Gasteiger partial charge on any atom is -0.298 e. The van der Waals surface area contributed by atoms with Crippen LogP contribution in [0.25, 0.3) is 0 Å². The molecular weight excluding hydrogens is 305 g/mol. The fourth-order valence-corrected chi connectivity index (χ4v) is 3.35. The van der Waals surface area contributed by atoms with Crippen LogP contribution in [0.1, 0.15) is 16.1 Å². The van der Waals surface area contributed by atoms with Crippen molar-refractivity contribution >= 4 is 32.4 Å². The number of nitrogens with two attached hydrogens (primary N) is 1. The van der Waals surface area contributed by atoms with Crippen LogP contribution in [0.2, 0.25) is 0 Å². The van der Waals surface area contributed by atoms with Crippen molar-refractivity contribution in [2.45, 2.75) is 11.1 Å². The molecule has 3 N–H and O–H groups in total. The van der Waals surface area contributed by atoms with E-state index < -0.39 is 21.7 Å². The number of thiazole rings is 1. The standard InChI is InChI=1S/C11H10FN3O3S2/c1-6-10(20(13,17)18)19-11(14-6)15-9(16)7-3-2-4-8(12)5-7/h2-5H,1H3,(H2,13,17,18)(H,14,15,16). The third-order valence-electron chi connectivity index (χ3n) is 2.32. The molecule has 1 aromatic heterocycles. The van der Waals surface area contributed by atoms with E-state index in [-0.39, 0.29) is 20.6 Å². The SMILES string of the molecule is Cc1nc(NC(=O)c2cccc(F)c2)sc1S(N)(=O)=O. The van der Waals surface area contributed by atoms with Gasteiger partial charge in [0.2, 0.25) is 10.0 Å². The van der Waals surface area contributed by atoms with Gasteiger partial charge in [-0.25, -0.2) is 22.9 Å². The fraction of sp³-hybridized carbons (Fsp3) is 0.0909. The molecule has 0 fully saturated rings. The van der Waals surface area contributed by atoms with Crippen LogP contribution in [-0.4, -0.2) is 19.3 Å². The Morgan fingerprint density at radius 1 is 1.45 bits per heavy atom. The highest BCUT2D eigenvalue weighted by atomic mass is 32.2. The van der Waals surface area contributed by atoms with Gasteiger partial charge >= 0.3 is 0 Å². The molecule has 0 atom stereocenters. The number of nitrogens with zero attached hydrogens (tertiary/aromatic N) is 1. The number of rotatable bonds is 3. The van der Waals surface area contributed by atoms with Gasteiger partial charge in [-0.15, -0.1) is 0 Å². The molecule has 0 aliphatic rings. The Balaban J connectivity index is 2.25. The molecule has 9 heteroatoms. The number of anilines is 1. The highest BCUT2D eigenvalue weighted by Gasteiger charge is 2.19. The van der Waals surface area contributed by atoms with E-state index in [4.69, 9.17) is 5.14 Å². The zero-order valence-electron chi connectivity index (χ0n) is 10.3. The second-order valence-corrected chi connectivity index (χ2v) is 6.66. The summed E-state index contributed by atoms with van der Waals surface area (Å²) in [5, 5.41) is 7.50. The molecule has 106 valence electrons. The van der Waals surface area contributed by atoms with E-state index in [0.29, 0.717) is 0 Å². The highest BCUT2D eigenvalue weighted by molar-refractivity contribution is 7.91. The number of benzene rings is 1.